The van der Waals surface area contributed by atoms with Gasteiger partial charge in [-0.1, -0.05) is 94.9 Å². The first-order chi connectivity index (χ1) is 14.3. The van der Waals surface area contributed by atoms with E-state index in [1.165, 1.54) is 27.8 Å². The second kappa shape index (κ2) is 11.9. The van der Waals surface area contributed by atoms with Crippen molar-refractivity contribution in [3.63, 3.8) is 0 Å². The zero-order chi connectivity index (χ0) is 23.8. The van der Waals surface area contributed by atoms with Gasteiger partial charge in [0.25, 0.3) is 0 Å². The van der Waals surface area contributed by atoms with Crippen LogP contribution in [0.2, 0.25) is 0 Å². The zero-order valence-electron chi connectivity index (χ0n) is 21.4. The molecule has 0 aliphatic carbocycles. The SMILES string of the molecule is C=C(C)/C=C(\C=C(/C)CCC(C)C(=C)CC)c1cc(C)ccc1NC(=C)CC(C)(C)C. The highest BCUT2D eigenvalue weighted by Crippen LogP contribution is 2.32. The van der Waals surface area contributed by atoms with Crippen LogP contribution in [0.5, 0.6) is 0 Å². The first kappa shape index (κ1) is 26.8. The Labute approximate surface area is 192 Å². The maximum absolute atomic E-state index is 4.28. The molecule has 0 aliphatic heterocycles. The third-order valence-corrected chi connectivity index (χ3v) is 5.47. The van der Waals surface area contributed by atoms with Crippen LogP contribution in [-0.4, -0.2) is 0 Å². The molecule has 0 saturated heterocycles. The minimum atomic E-state index is 0.195. The van der Waals surface area contributed by atoms with Crippen molar-refractivity contribution in [1.82, 2.24) is 0 Å². The van der Waals surface area contributed by atoms with Crippen molar-refractivity contribution in [1.29, 1.82) is 0 Å². The molecule has 1 aromatic carbocycles. The van der Waals surface area contributed by atoms with Crippen LogP contribution in [0.15, 0.2) is 72.5 Å². The molecule has 170 valence electrons. The van der Waals surface area contributed by atoms with Crippen molar-refractivity contribution in [3.05, 3.63) is 83.6 Å². The van der Waals surface area contributed by atoms with Crippen LogP contribution in [0.25, 0.3) is 5.57 Å². The largest absolute Gasteiger partial charge is 0.359 e. The van der Waals surface area contributed by atoms with E-state index in [4.69, 9.17) is 0 Å². The van der Waals surface area contributed by atoms with Crippen LogP contribution < -0.4 is 5.32 Å². The number of allylic oxidation sites excluding steroid dienone is 7. The van der Waals surface area contributed by atoms with Crippen LogP contribution in [0.3, 0.4) is 0 Å². The molecule has 0 aliphatic rings. The lowest BCUT2D eigenvalue weighted by Crippen LogP contribution is -2.11. The molecule has 1 heteroatoms. The van der Waals surface area contributed by atoms with Gasteiger partial charge in [0.2, 0.25) is 0 Å². The molecule has 1 unspecified atom stereocenters. The van der Waals surface area contributed by atoms with Gasteiger partial charge in [-0.2, -0.15) is 0 Å². The van der Waals surface area contributed by atoms with Crippen LogP contribution in [0, 0.1) is 18.3 Å². The molecule has 0 aromatic heterocycles. The highest BCUT2D eigenvalue weighted by Gasteiger charge is 2.14. The maximum atomic E-state index is 4.28. The summed E-state index contributed by atoms with van der Waals surface area (Å²) in [6.45, 7) is 30.3. The highest BCUT2D eigenvalue weighted by atomic mass is 14.9. The van der Waals surface area contributed by atoms with E-state index in [0.717, 1.165) is 42.6 Å². The quantitative estimate of drug-likeness (QED) is 0.278. The van der Waals surface area contributed by atoms with E-state index in [-0.39, 0.29) is 5.41 Å². The molecular formula is C30H45N. The predicted molar refractivity (Wildman–Crippen MR) is 142 cm³/mol. The summed E-state index contributed by atoms with van der Waals surface area (Å²) >= 11 is 0. The molecule has 0 fully saturated rings. The van der Waals surface area contributed by atoms with Gasteiger partial charge in [0.1, 0.15) is 0 Å². The van der Waals surface area contributed by atoms with E-state index in [9.17, 15) is 0 Å². The Bertz CT molecular complexity index is 855. The fourth-order valence-corrected chi connectivity index (χ4v) is 3.68. The standard InChI is InChI=1S/C30H45N/c1-12-24(6)25(7)15-13-22(4)18-27(17-21(2)3)28-19-23(5)14-16-29(28)31-26(8)20-30(9,10)11/h14,16-19,25,31H,2,6,8,12-13,15,20H2,1,3-5,7,9-11H3/b22-18+,27-17+. The molecule has 1 rings (SSSR count). The van der Waals surface area contributed by atoms with Crippen molar-refractivity contribution in [3.8, 4) is 0 Å². The molecule has 0 bridgehead atoms. The summed E-state index contributed by atoms with van der Waals surface area (Å²) in [4.78, 5) is 0. The predicted octanol–water partition coefficient (Wildman–Crippen LogP) is 9.65. The summed E-state index contributed by atoms with van der Waals surface area (Å²) in [6, 6.07) is 6.58. The van der Waals surface area contributed by atoms with Crippen molar-refractivity contribution in [2.24, 2.45) is 11.3 Å². The Balaban J connectivity index is 3.24. The van der Waals surface area contributed by atoms with Gasteiger partial charge < -0.3 is 5.32 Å². The van der Waals surface area contributed by atoms with E-state index in [1.807, 2.05) is 0 Å². The van der Waals surface area contributed by atoms with E-state index in [2.05, 4.69) is 111 Å². The summed E-state index contributed by atoms with van der Waals surface area (Å²) in [5.41, 5.74) is 9.74. The minimum Gasteiger partial charge on any atom is -0.359 e. The number of hydrogen-bond donors (Lipinski definition) is 1. The van der Waals surface area contributed by atoms with Gasteiger partial charge >= 0.3 is 0 Å². The van der Waals surface area contributed by atoms with E-state index in [0.29, 0.717) is 5.92 Å². The Morgan fingerprint density at radius 3 is 2.29 bits per heavy atom. The molecule has 0 radical (unpaired) electrons. The first-order valence-corrected chi connectivity index (χ1v) is 11.6. The fourth-order valence-electron chi connectivity index (χ4n) is 3.68. The molecule has 31 heavy (non-hydrogen) atoms. The molecule has 0 amide bonds. The third-order valence-electron chi connectivity index (χ3n) is 5.47. The molecular weight excluding hydrogens is 374 g/mol. The third kappa shape index (κ3) is 10.0. The Morgan fingerprint density at radius 2 is 1.74 bits per heavy atom. The summed E-state index contributed by atoms with van der Waals surface area (Å²) in [5.74, 6) is 0.554. The van der Waals surface area contributed by atoms with Crippen LogP contribution in [0.1, 0.15) is 85.3 Å². The monoisotopic (exact) mass is 419 g/mol. The molecule has 1 N–H and O–H groups in total. The number of rotatable bonds is 11. The number of anilines is 1. The maximum Gasteiger partial charge on any atom is 0.0461 e. The number of aryl methyl sites for hydroxylation is 1. The Hall–Kier alpha value is -2.28. The van der Waals surface area contributed by atoms with Gasteiger partial charge in [-0.05, 0) is 75.5 Å². The lowest BCUT2D eigenvalue weighted by atomic mass is 9.90. The second-order valence-corrected chi connectivity index (χ2v) is 10.4. The summed E-state index contributed by atoms with van der Waals surface area (Å²) in [5, 5.41) is 3.59. The summed E-state index contributed by atoms with van der Waals surface area (Å²) in [6.07, 6.45) is 8.69. The minimum absolute atomic E-state index is 0.195. The molecule has 0 saturated carbocycles. The topological polar surface area (TPSA) is 12.0 Å². The molecule has 0 heterocycles. The highest BCUT2D eigenvalue weighted by molar-refractivity contribution is 5.84. The van der Waals surface area contributed by atoms with Gasteiger partial charge in [0.15, 0.2) is 0 Å². The van der Waals surface area contributed by atoms with Crippen LogP contribution in [-0.2, 0) is 0 Å². The van der Waals surface area contributed by atoms with Gasteiger partial charge in [-0.3, -0.25) is 0 Å². The zero-order valence-corrected chi connectivity index (χ0v) is 21.4. The lowest BCUT2D eigenvalue weighted by Gasteiger charge is -2.22. The van der Waals surface area contributed by atoms with Crippen LogP contribution >= 0.6 is 0 Å². The fraction of sp³-hybridized carbons (Fsp3) is 0.467. The average molecular weight is 420 g/mol. The number of hydrogen-bond acceptors (Lipinski definition) is 1. The summed E-state index contributed by atoms with van der Waals surface area (Å²) in [7, 11) is 0. The van der Waals surface area contributed by atoms with Crippen molar-refractivity contribution < 1.29 is 0 Å². The number of benzene rings is 1. The van der Waals surface area contributed by atoms with Gasteiger partial charge in [0, 0.05) is 16.9 Å². The van der Waals surface area contributed by atoms with Gasteiger partial charge in [-0.25, -0.2) is 0 Å². The van der Waals surface area contributed by atoms with Crippen molar-refractivity contribution >= 4 is 11.3 Å². The van der Waals surface area contributed by atoms with E-state index >= 15 is 0 Å². The van der Waals surface area contributed by atoms with E-state index < -0.39 is 0 Å². The van der Waals surface area contributed by atoms with Crippen molar-refractivity contribution in [2.45, 2.75) is 81.1 Å². The summed E-state index contributed by atoms with van der Waals surface area (Å²) < 4.78 is 0. The molecule has 0 spiro atoms. The Morgan fingerprint density at radius 1 is 1.10 bits per heavy atom. The Kier molecular flexibility index (Phi) is 10.3. The number of nitrogens with one attached hydrogen (secondary N) is 1. The van der Waals surface area contributed by atoms with Crippen LogP contribution in [0.4, 0.5) is 5.69 Å². The van der Waals surface area contributed by atoms with Gasteiger partial charge in [-0.15, -0.1) is 0 Å². The molecule has 1 nitrogen and oxygen atoms in total. The van der Waals surface area contributed by atoms with Crippen molar-refractivity contribution in [2.75, 3.05) is 5.32 Å². The van der Waals surface area contributed by atoms with E-state index in [1.54, 1.807) is 0 Å². The molecule has 1 aromatic rings. The van der Waals surface area contributed by atoms with Gasteiger partial charge in [0.05, 0.1) is 0 Å². The first-order valence-electron chi connectivity index (χ1n) is 11.6. The lowest BCUT2D eigenvalue weighted by molar-refractivity contribution is 0.411. The second-order valence-electron chi connectivity index (χ2n) is 10.4. The average Bonchev–Trinajstić information content (AvgIpc) is 2.64. The molecule has 1 atom stereocenters. The smallest absolute Gasteiger partial charge is 0.0461 e. The normalized spacial score (nSPS) is 13.7.